The van der Waals surface area contributed by atoms with Crippen molar-refractivity contribution in [3.63, 3.8) is 0 Å². The summed E-state index contributed by atoms with van der Waals surface area (Å²) in [5.41, 5.74) is 8.15. The number of anilines is 2. The molecule has 0 saturated carbocycles. The fourth-order valence-corrected chi connectivity index (χ4v) is 2.07. The average Bonchev–Trinajstić information content (AvgIpc) is 2.46. The number of nitrogen functional groups attached to an aromatic ring is 1. The molecule has 0 radical (unpaired) electrons. The summed E-state index contributed by atoms with van der Waals surface area (Å²) in [6, 6.07) is 14.1. The lowest BCUT2D eigenvalue weighted by molar-refractivity contribution is 0.673. The van der Waals surface area contributed by atoms with Gasteiger partial charge in [-0.15, -0.1) is 0 Å². The van der Waals surface area contributed by atoms with Gasteiger partial charge in [0.2, 0.25) is 0 Å². The standard InChI is InChI=1S/C16H18N4/c1-12(2)20(11-13-6-4-3-5-7-13)16-15(18)14(10-17)8-9-19-16/h3-9,12H,11,18H2,1-2H3. The molecule has 0 spiro atoms. The third kappa shape index (κ3) is 2.89. The average molecular weight is 266 g/mol. The Balaban J connectivity index is 2.37. The van der Waals surface area contributed by atoms with Crippen LogP contribution in [-0.4, -0.2) is 11.0 Å². The number of hydrogen-bond acceptors (Lipinski definition) is 4. The van der Waals surface area contributed by atoms with Crippen LogP contribution in [0, 0.1) is 11.3 Å². The summed E-state index contributed by atoms with van der Waals surface area (Å²) in [5, 5.41) is 9.08. The molecule has 20 heavy (non-hydrogen) atoms. The molecule has 0 atom stereocenters. The number of nitriles is 1. The van der Waals surface area contributed by atoms with Crippen LogP contribution in [0.5, 0.6) is 0 Å². The van der Waals surface area contributed by atoms with Crippen LogP contribution in [0.25, 0.3) is 0 Å². The monoisotopic (exact) mass is 266 g/mol. The van der Waals surface area contributed by atoms with E-state index in [1.165, 1.54) is 5.56 Å². The van der Waals surface area contributed by atoms with E-state index in [1.54, 1.807) is 12.3 Å². The first-order chi connectivity index (χ1) is 9.63. The van der Waals surface area contributed by atoms with E-state index in [0.29, 0.717) is 23.6 Å². The van der Waals surface area contributed by atoms with Crippen molar-refractivity contribution in [2.45, 2.75) is 26.4 Å². The molecule has 2 aromatic rings. The van der Waals surface area contributed by atoms with Gasteiger partial charge in [0.15, 0.2) is 5.82 Å². The van der Waals surface area contributed by atoms with E-state index in [9.17, 15) is 0 Å². The van der Waals surface area contributed by atoms with Crippen LogP contribution in [0.3, 0.4) is 0 Å². The van der Waals surface area contributed by atoms with Gasteiger partial charge in [-0.05, 0) is 25.5 Å². The van der Waals surface area contributed by atoms with Crippen molar-refractivity contribution in [3.05, 3.63) is 53.7 Å². The second-order valence-electron chi connectivity index (χ2n) is 4.91. The fourth-order valence-electron chi connectivity index (χ4n) is 2.07. The molecule has 0 bridgehead atoms. The highest BCUT2D eigenvalue weighted by Gasteiger charge is 2.17. The minimum absolute atomic E-state index is 0.235. The highest BCUT2D eigenvalue weighted by Crippen LogP contribution is 2.26. The molecule has 2 N–H and O–H groups in total. The first-order valence-electron chi connectivity index (χ1n) is 6.58. The molecule has 4 heteroatoms. The van der Waals surface area contributed by atoms with E-state index >= 15 is 0 Å². The number of hydrogen-bond donors (Lipinski definition) is 1. The molecule has 0 unspecified atom stereocenters. The van der Waals surface area contributed by atoms with E-state index < -0.39 is 0 Å². The van der Waals surface area contributed by atoms with Gasteiger partial charge < -0.3 is 10.6 Å². The number of nitrogens with zero attached hydrogens (tertiary/aromatic N) is 3. The molecular weight excluding hydrogens is 248 g/mol. The normalized spacial score (nSPS) is 10.3. The van der Waals surface area contributed by atoms with Crippen molar-refractivity contribution < 1.29 is 0 Å². The molecule has 4 nitrogen and oxygen atoms in total. The Morgan fingerprint density at radius 1 is 1.25 bits per heavy atom. The Morgan fingerprint density at radius 3 is 2.55 bits per heavy atom. The summed E-state index contributed by atoms with van der Waals surface area (Å²) in [6.45, 7) is 4.89. The Kier molecular flexibility index (Phi) is 4.21. The summed E-state index contributed by atoms with van der Waals surface area (Å²) in [7, 11) is 0. The molecule has 1 aromatic heterocycles. The highest BCUT2D eigenvalue weighted by atomic mass is 15.2. The topological polar surface area (TPSA) is 65.9 Å². The molecule has 102 valence electrons. The summed E-state index contributed by atoms with van der Waals surface area (Å²) >= 11 is 0. The Morgan fingerprint density at radius 2 is 1.95 bits per heavy atom. The molecule has 0 amide bonds. The molecule has 1 heterocycles. The molecule has 0 aliphatic rings. The quantitative estimate of drug-likeness (QED) is 0.924. The smallest absolute Gasteiger partial charge is 0.153 e. The van der Waals surface area contributed by atoms with Crippen molar-refractivity contribution in [1.29, 1.82) is 5.26 Å². The zero-order valence-corrected chi connectivity index (χ0v) is 11.7. The fraction of sp³-hybridized carbons (Fsp3) is 0.250. The lowest BCUT2D eigenvalue weighted by Gasteiger charge is -2.29. The number of pyridine rings is 1. The Bertz CT molecular complexity index is 614. The van der Waals surface area contributed by atoms with Crippen molar-refractivity contribution in [2.24, 2.45) is 0 Å². The maximum Gasteiger partial charge on any atom is 0.153 e. The van der Waals surface area contributed by atoms with Gasteiger partial charge >= 0.3 is 0 Å². The molecule has 0 saturated heterocycles. The van der Waals surface area contributed by atoms with Gasteiger partial charge in [0.25, 0.3) is 0 Å². The summed E-state index contributed by atoms with van der Waals surface area (Å²) in [5.74, 6) is 0.669. The van der Waals surface area contributed by atoms with Crippen LogP contribution in [0.4, 0.5) is 11.5 Å². The van der Waals surface area contributed by atoms with Crippen molar-refractivity contribution in [3.8, 4) is 6.07 Å². The largest absolute Gasteiger partial charge is 0.395 e. The SMILES string of the molecule is CC(C)N(Cc1ccccc1)c1nccc(C#N)c1N. The van der Waals surface area contributed by atoms with Gasteiger partial charge in [0.1, 0.15) is 6.07 Å². The Labute approximate surface area is 119 Å². The second-order valence-corrected chi connectivity index (χ2v) is 4.91. The maximum atomic E-state index is 9.08. The van der Waals surface area contributed by atoms with Gasteiger partial charge in [-0.2, -0.15) is 5.26 Å². The van der Waals surface area contributed by atoms with Gasteiger partial charge in [0.05, 0.1) is 11.3 Å². The third-order valence-electron chi connectivity index (χ3n) is 3.18. The first kappa shape index (κ1) is 13.9. The summed E-state index contributed by atoms with van der Waals surface area (Å²) in [4.78, 5) is 6.46. The molecule has 2 rings (SSSR count). The minimum atomic E-state index is 0.235. The van der Waals surface area contributed by atoms with Crippen LogP contribution in [0.15, 0.2) is 42.6 Å². The molecule has 0 aliphatic heterocycles. The van der Waals surface area contributed by atoms with E-state index in [0.717, 1.165) is 0 Å². The van der Waals surface area contributed by atoms with Crippen LogP contribution < -0.4 is 10.6 Å². The maximum absolute atomic E-state index is 9.08. The Hall–Kier alpha value is -2.54. The van der Waals surface area contributed by atoms with Crippen molar-refractivity contribution in [1.82, 2.24) is 4.98 Å². The van der Waals surface area contributed by atoms with Gasteiger partial charge in [-0.1, -0.05) is 30.3 Å². The lowest BCUT2D eigenvalue weighted by Crippen LogP contribution is -2.31. The van der Waals surface area contributed by atoms with E-state index in [4.69, 9.17) is 11.0 Å². The number of nitrogens with two attached hydrogens (primary N) is 1. The van der Waals surface area contributed by atoms with Gasteiger partial charge in [0, 0.05) is 18.8 Å². The second kappa shape index (κ2) is 6.07. The summed E-state index contributed by atoms with van der Waals surface area (Å²) < 4.78 is 0. The minimum Gasteiger partial charge on any atom is -0.395 e. The molecular formula is C16H18N4. The van der Waals surface area contributed by atoms with Crippen LogP contribution in [0.2, 0.25) is 0 Å². The predicted molar refractivity (Wildman–Crippen MR) is 81.1 cm³/mol. The number of benzene rings is 1. The zero-order chi connectivity index (χ0) is 14.5. The van der Waals surface area contributed by atoms with Gasteiger partial charge in [-0.25, -0.2) is 4.98 Å². The van der Waals surface area contributed by atoms with Crippen LogP contribution in [-0.2, 0) is 6.54 Å². The van der Waals surface area contributed by atoms with Crippen molar-refractivity contribution in [2.75, 3.05) is 10.6 Å². The number of rotatable bonds is 4. The zero-order valence-electron chi connectivity index (χ0n) is 11.7. The molecule has 0 fully saturated rings. The lowest BCUT2D eigenvalue weighted by atomic mass is 10.1. The van der Waals surface area contributed by atoms with Crippen LogP contribution in [0.1, 0.15) is 25.0 Å². The summed E-state index contributed by atoms with van der Waals surface area (Å²) in [6.07, 6.45) is 1.63. The van der Waals surface area contributed by atoms with Crippen molar-refractivity contribution >= 4 is 11.5 Å². The first-order valence-corrected chi connectivity index (χ1v) is 6.58. The van der Waals surface area contributed by atoms with E-state index in [1.807, 2.05) is 18.2 Å². The predicted octanol–water partition coefficient (Wildman–Crippen LogP) is 2.95. The molecule has 1 aromatic carbocycles. The van der Waals surface area contributed by atoms with E-state index in [-0.39, 0.29) is 6.04 Å². The number of aromatic nitrogens is 1. The third-order valence-corrected chi connectivity index (χ3v) is 3.18. The van der Waals surface area contributed by atoms with Gasteiger partial charge in [-0.3, -0.25) is 0 Å². The molecule has 0 aliphatic carbocycles. The highest BCUT2D eigenvalue weighted by molar-refractivity contribution is 5.70. The van der Waals surface area contributed by atoms with E-state index in [2.05, 4.69) is 41.9 Å². The van der Waals surface area contributed by atoms with Crippen LogP contribution >= 0.6 is 0 Å².